The predicted octanol–water partition coefficient (Wildman–Crippen LogP) is 3.83. The standard InChI is InChI=1S/C20H20F2N2O3/c21-20(22)27-16-10-8-14(9-11-16)12-23-26-13-19(25)24-18-7-3-5-15-4-1-2-6-17(15)18/h1-2,4,6,8-12,18,20H,3,5,7,13H2,(H,24,25)/b23-12-/t18-/m0/s1. The summed E-state index contributed by atoms with van der Waals surface area (Å²) in [6.45, 7) is -3.05. The molecule has 0 fully saturated rings. The van der Waals surface area contributed by atoms with Gasteiger partial charge >= 0.3 is 6.61 Å². The summed E-state index contributed by atoms with van der Waals surface area (Å²) in [5.41, 5.74) is 3.07. The van der Waals surface area contributed by atoms with E-state index < -0.39 is 6.61 Å². The van der Waals surface area contributed by atoms with Crippen molar-refractivity contribution < 1.29 is 23.1 Å². The number of aryl methyl sites for hydroxylation is 1. The van der Waals surface area contributed by atoms with Crippen LogP contribution in [-0.4, -0.2) is 25.3 Å². The Hall–Kier alpha value is -2.96. The number of carbonyl (C=O) groups excluding carboxylic acids is 1. The highest BCUT2D eigenvalue weighted by Crippen LogP contribution is 2.29. The normalized spacial score (nSPS) is 16.2. The number of hydrogen-bond acceptors (Lipinski definition) is 4. The Morgan fingerprint density at radius 2 is 2.00 bits per heavy atom. The highest BCUT2D eigenvalue weighted by Gasteiger charge is 2.21. The summed E-state index contributed by atoms with van der Waals surface area (Å²) in [6.07, 6.45) is 4.37. The molecule has 142 valence electrons. The van der Waals surface area contributed by atoms with E-state index in [1.165, 1.54) is 23.9 Å². The van der Waals surface area contributed by atoms with Crippen molar-refractivity contribution in [1.29, 1.82) is 0 Å². The molecule has 0 aromatic heterocycles. The molecule has 0 heterocycles. The first kappa shape index (κ1) is 18.8. The smallest absolute Gasteiger partial charge is 0.387 e. The molecule has 2 aromatic carbocycles. The highest BCUT2D eigenvalue weighted by atomic mass is 19.3. The number of carbonyl (C=O) groups is 1. The fraction of sp³-hybridized carbons (Fsp3) is 0.300. The van der Waals surface area contributed by atoms with Crippen LogP contribution in [0, 0.1) is 0 Å². The third kappa shape index (κ3) is 5.51. The molecule has 1 aliphatic rings. The van der Waals surface area contributed by atoms with E-state index >= 15 is 0 Å². The van der Waals surface area contributed by atoms with Crippen molar-refractivity contribution in [2.75, 3.05) is 6.61 Å². The molecule has 1 aliphatic carbocycles. The lowest BCUT2D eigenvalue weighted by Gasteiger charge is -2.26. The topological polar surface area (TPSA) is 59.9 Å². The number of hydrogen-bond donors (Lipinski definition) is 1. The number of rotatable bonds is 7. The van der Waals surface area contributed by atoms with Gasteiger partial charge in [0.2, 0.25) is 0 Å². The van der Waals surface area contributed by atoms with Crippen molar-refractivity contribution in [1.82, 2.24) is 5.32 Å². The Morgan fingerprint density at radius 1 is 1.22 bits per heavy atom. The number of oxime groups is 1. The van der Waals surface area contributed by atoms with Crippen LogP contribution in [-0.2, 0) is 16.1 Å². The second-order valence-corrected chi connectivity index (χ2v) is 6.17. The molecule has 5 nitrogen and oxygen atoms in total. The highest BCUT2D eigenvalue weighted by molar-refractivity contribution is 5.80. The van der Waals surface area contributed by atoms with Gasteiger partial charge in [0, 0.05) is 0 Å². The molecule has 3 rings (SSSR count). The summed E-state index contributed by atoms with van der Waals surface area (Å²) in [5, 5.41) is 6.71. The lowest BCUT2D eigenvalue weighted by Crippen LogP contribution is -2.33. The molecule has 7 heteroatoms. The summed E-state index contributed by atoms with van der Waals surface area (Å²) in [7, 11) is 0. The zero-order valence-electron chi connectivity index (χ0n) is 14.6. The van der Waals surface area contributed by atoms with Gasteiger partial charge in [-0.25, -0.2) is 0 Å². The van der Waals surface area contributed by atoms with Crippen LogP contribution in [0.15, 0.2) is 53.7 Å². The third-order valence-corrected chi connectivity index (χ3v) is 4.28. The summed E-state index contributed by atoms with van der Waals surface area (Å²) in [5.74, 6) is -0.176. The maximum Gasteiger partial charge on any atom is 0.387 e. The zero-order valence-corrected chi connectivity index (χ0v) is 14.6. The average molecular weight is 374 g/mol. The second-order valence-electron chi connectivity index (χ2n) is 6.17. The molecular weight excluding hydrogens is 354 g/mol. The first-order chi connectivity index (χ1) is 13.1. The van der Waals surface area contributed by atoms with Crippen LogP contribution in [0.2, 0.25) is 0 Å². The van der Waals surface area contributed by atoms with Gasteiger partial charge in [-0.3, -0.25) is 4.79 Å². The summed E-state index contributed by atoms with van der Waals surface area (Å²) < 4.78 is 28.4. The quantitative estimate of drug-likeness (QED) is 0.592. The third-order valence-electron chi connectivity index (χ3n) is 4.28. The fourth-order valence-electron chi connectivity index (χ4n) is 3.07. The number of alkyl halides is 2. The Balaban J connectivity index is 1.45. The molecule has 1 amide bonds. The van der Waals surface area contributed by atoms with Crippen LogP contribution >= 0.6 is 0 Å². The molecule has 0 saturated carbocycles. The van der Waals surface area contributed by atoms with Gasteiger partial charge in [-0.15, -0.1) is 0 Å². The lowest BCUT2D eigenvalue weighted by atomic mass is 9.88. The number of nitrogens with zero attached hydrogens (tertiary/aromatic N) is 1. The zero-order chi connectivity index (χ0) is 19.1. The van der Waals surface area contributed by atoms with E-state index in [9.17, 15) is 13.6 Å². The summed E-state index contributed by atoms with van der Waals surface area (Å²) >= 11 is 0. The van der Waals surface area contributed by atoms with Gasteiger partial charge in [-0.05, 0) is 60.2 Å². The van der Waals surface area contributed by atoms with Crippen LogP contribution in [0.25, 0.3) is 0 Å². The molecule has 0 radical (unpaired) electrons. The fourth-order valence-corrected chi connectivity index (χ4v) is 3.07. The first-order valence-electron chi connectivity index (χ1n) is 8.69. The second kappa shape index (κ2) is 9.12. The van der Waals surface area contributed by atoms with Crippen LogP contribution in [0.3, 0.4) is 0 Å². The SMILES string of the molecule is O=C(CO/N=C\c1ccc(OC(F)F)cc1)N[C@H]1CCCc2ccccc21. The van der Waals surface area contributed by atoms with E-state index in [1.807, 2.05) is 18.2 Å². The molecule has 0 saturated heterocycles. The molecule has 1 atom stereocenters. The number of amides is 1. The largest absolute Gasteiger partial charge is 0.435 e. The van der Waals surface area contributed by atoms with Crippen LogP contribution in [0.4, 0.5) is 8.78 Å². The Labute approximate surface area is 156 Å². The molecule has 27 heavy (non-hydrogen) atoms. The predicted molar refractivity (Wildman–Crippen MR) is 96.9 cm³/mol. The van der Waals surface area contributed by atoms with E-state index in [4.69, 9.17) is 4.84 Å². The van der Waals surface area contributed by atoms with E-state index in [2.05, 4.69) is 21.3 Å². The monoisotopic (exact) mass is 374 g/mol. The van der Waals surface area contributed by atoms with Crippen molar-refractivity contribution in [2.45, 2.75) is 31.9 Å². The Bertz CT molecular complexity index is 794. The first-order valence-corrected chi connectivity index (χ1v) is 8.69. The Morgan fingerprint density at radius 3 is 2.78 bits per heavy atom. The number of halogens is 2. The van der Waals surface area contributed by atoms with E-state index in [0.717, 1.165) is 24.8 Å². The molecule has 1 N–H and O–H groups in total. The number of ether oxygens (including phenoxy) is 1. The van der Waals surface area contributed by atoms with Crippen molar-refractivity contribution >= 4 is 12.1 Å². The lowest BCUT2D eigenvalue weighted by molar-refractivity contribution is -0.126. The van der Waals surface area contributed by atoms with Crippen LogP contribution < -0.4 is 10.1 Å². The molecule has 0 unspecified atom stereocenters. The molecule has 0 aliphatic heterocycles. The van der Waals surface area contributed by atoms with Gasteiger partial charge in [0.25, 0.3) is 5.91 Å². The van der Waals surface area contributed by atoms with E-state index in [-0.39, 0.29) is 24.3 Å². The van der Waals surface area contributed by atoms with Crippen molar-refractivity contribution in [2.24, 2.45) is 5.16 Å². The number of fused-ring (bicyclic) bond motifs is 1. The molecular formula is C20H20F2N2O3. The Kier molecular flexibility index (Phi) is 6.35. The number of nitrogens with one attached hydrogen (secondary N) is 1. The van der Waals surface area contributed by atoms with Gasteiger partial charge in [0.15, 0.2) is 6.61 Å². The minimum atomic E-state index is -2.86. The van der Waals surface area contributed by atoms with Gasteiger partial charge in [-0.2, -0.15) is 8.78 Å². The maximum absolute atomic E-state index is 12.1. The van der Waals surface area contributed by atoms with Crippen LogP contribution in [0.1, 0.15) is 35.6 Å². The minimum absolute atomic E-state index is 0.00240. The summed E-state index contributed by atoms with van der Waals surface area (Å²) in [6, 6.07) is 14.0. The molecule has 2 aromatic rings. The van der Waals surface area contributed by atoms with Crippen LogP contribution in [0.5, 0.6) is 5.75 Å². The minimum Gasteiger partial charge on any atom is -0.435 e. The van der Waals surface area contributed by atoms with Crippen molar-refractivity contribution in [3.05, 3.63) is 65.2 Å². The van der Waals surface area contributed by atoms with Crippen molar-refractivity contribution in [3.63, 3.8) is 0 Å². The molecule has 0 spiro atoms. The van der Waals surface area contributed by atoms with E-state index in [1.54, 1.807) is 12.1 Å². The molecule has 0 bridgehead atoms. The van der Waals surface area contributed by atoms with Gasteiger partial charge < -0.3 is 14.9 Å². The van der Waals surface area contributed by atoms with Crippen molar-refractivity contribution in [3.8, 4) is 5.75 Å². The number of benzene rings is 2. The van der Waals surface area contributed by atoms with Gasteiger partial charge in [-0.1, -0.05) is 29.4 Å². The van der Waals surface area contributed by atoms with Gasteiger partial charge in [0.05, 0.1) is 12.3 Å². The maximum atomic E-state index is 12.1. The van der Waals surface area contributed by atoms with Gasteiger partial charge in [0.1, 0.15) is 5.75 Å². The van der Waals surface area contributed by atoms with E-state index in [0.29, 0.717) is 5.56 Å². The summed E-state index contributed by atoms with van der Waals surface area (Å²) in [4.78, 5) is 17.1. The average Bonchev–Trinajstić information content (AvgIpc) is 2.66.